The molecule has 0 radical (unpaired) electrons. The largest absolute Gasteiger partial charge is 0.481 e. The first-order valence-corrected chi connectivity index (χ1v) is 7.53. The molecule has 0 aromatic carbocycles. The molecule has 1 N–H and O–H groups in total. The van der Waals surface area contributed by atoms with Crippen molar-refractivity contribution in [1.29, 1.82) is 0 Å². The summed E-state index contributed by atoms with van der Waals surface area (Å²) >= 11 is 0. The van der Waals surface area contributed by atoms with Crippen molar-refractivity contribution in [2.45, 2.75) is 33.6 Å². The fourth-order valence-corrected chi connectivity index (χ4v) is 3.14. The first kappa shape index (κ1) is 15.8. The zero-order valence-electron chi connectivity index (χ0n) is 13.0. The Morgan fingerprint density at radius 2 is 2.10 bits per heavy atom. The smallest absolute Gasteiger partial charge is 0.311 e. The molecular formula is C15H24N2O4. The number of carboxylic acid groups (broad SMARTS) is 1. The fourth-order valence-electron chi connectivity index (χ4n) is 3.14. The van der Waals surface area contributed by atoms with Crippen LogP contribution in [-0.4, -0.2) is 58.9 Å². The van der Waals surface area contributed by atoms with Crippen LogP contribution in [0.3, 0.4) is 0 Å². The Balaban J connectivity index is 1.96. The maximum Gasteiger partial charge on any atom is 0.311 e. The second-order valence-electron chi connectivity index (χ2n) is 6.97. The minimum Gasteiger partial charge on any atom is -0.481 e. The van der Waals surface area contributed by atoms with Crippen LogP contribution in [0.15, 0.2) is 0 Å². The second kappa shape index (κ2) is 5.66. The van der Waals surface area contributed by atoms with E-state index >= 15 is 0 Å². The summed E-state index contributed by atoms with van der Waals surface area (Å²) in [6.45, 7) is 7.62. The van der Waals surface area contributed by atoms with Crippen molar-refractivity contribution in [3.05, 3.63) is 0 Å². The molecule has 2 rings (SSSR count). The number of hydrogen-bond acceptors (Lipinski definition) is 3. The molecule has 2 heterocycles. The maximum atomic E-state index is 12.5. The van der Waals surface area contributed by atoms with E-state index in [1.165, 1.54) is 0 Å². The minimum atomic E-state index is -0.860. The van der Waals surface area contributed by atoms with Gasteiger partial charge in [0, 0.05) is 32.6 Å². The highest BCUT2D eigenvalue weighted by molar-refractivity contribution is 5.90. The third-order valence-electron chi connectivity index (χ3n) is 4.45. The Bertz CT molecular complexity index is 463. The number of nitrogens with zero attached hydrogens (tertiary/aromatic N) is 2. The molecule has 0 aromatic heterocycles. The van der Waals surface area contributed by atoms with Crippen molar-refractivity contribution < 1.29 is 19.5 Å². The monoisotopic (exact) mass is 296 g/mol. The van der Waals surface area contributed by atoms with E-state index in [0.717, 1.165) is 0 Å². The zero-order valence-corrected chi connectivity index (χ0v) is 13.0. The van der Waals surface area contributed by atoms with Crippen molar-refractivity contribution in [1.82, 2.24) is 9.80 Å². The Kier molecular flexibility index (Phi) is 4.25. The highest BCUT2D eigenvalue weighted by atomic mass is 16.4. The molecule has 2 atom stereocenters. The Labute approximate surface area is 125 Å². The number of carboxylic acids is 1. The molecule has 0 aromatic rings. The Morgan fingerprint density at radius 1 is 1.43 bits per heavy atom. The van der Waals surface area contributed by atoms with Gasteiger partial charge >= 0.3 is 5.97 Å². The van der Waals surface area contributed by atoms with Crippen molar-refractivity contribution in [3.63, 3.8) is 0 Å². The summed E-state index contributed by atoms with van der Waals surface area (Å²) < 4.78 is 0. The van der Waals surface area contributed by atoms with Crippen LogP contribution >= 0.6 is 0 Å². The van der Waals surface area contributed by atoms with Gasteiger partial charge in [-0.05, 0) is 19.3 Å². The molecule has 2 amide bonds. The molecule has 118 valence electrons. The van der Waals surface area contributed by atoms with Gasteiger partial charge in [0.05, 0.1) is 11.3 Å². The number of hydrogen-bond donors (Lipinski definition) is 1. The van der Waals surface area contributed by atoms with Crippen LogP contribution in [0, 0.1) is 17.3 Å². The van der Waals surface area contributed by atoms with Crippen LogP contribution in [-0.2, 0) is 14.4 Å². The van der Waals surface area contributed by atoms with Gasteiger partial charge in [-0.1, -0.05) is 13.8 Å². The Hall–Kier alpha value is -1.59. The number of likely N-dealkylation sites (tertiary alicyclic amines) is 2. The third kappa shape index (κ3) is 3.19. The molecular weight excluding hydrogens is 272 g/mol. The van der Waals surface area contributed by atoms with Crippen LogP contribution in [0.5, 0.6) is 0 Å². The summed E-state index contributed by atoms with van der Waals surface area (Å²) in [5.74, 6) is -0.833. The van der Waals surface area contributed by atoms with Crippen molar-refractivity contribution >= 4 is 17.8 Å². The first-order chi connectivity index (χ1) is 9.73. The summed E-state index contributed by atoms with van der Waals surface area (Å²) in [6.07, 6.45) is 0.732. The van der Waals surface area contributed by atoms with E-state index in [-0.39, 0.29) is 30.7 Å². The molecule has 2 unspecified atom stereocenters. The summed E-state index contributed by atoms with van der Waals surface area (Å²) in [5, 5.41) is 9.22. The van der Waals surface area contributed by atoms with Crippen molar-refractivity contribution in [2.24, 2.45) is 17.3 Å². The standard InChI is InChI=1S/C15H24N2O4/c1-10(2)7-17-8-11(6-12(17)18)13(19)16-5-4-15(3,9-16)14(20)21/h10-11H,4-9H2,1-3H3,(H,20,21). The van der Waals surface area contributed by atoms with E-state index in [9.17, 15) is 19.5 Å². The third-order valence-corrected chi connectivity index (χ3v) is 4.45. The molecule has 6 nitrogen and oxygen atoms in total. The average molecular weight is 296 g/mol. The van der Waals surface area contributed by atoms with E-state index in [4.69, 9.17) is 0 Å². The number of aliphatic carboxylic acids is 1. The highest BCUT2D eigenvalue weighted by Crippen LogP contribution is 2.32. The maximum absolute atomic E-state index is 12.5. The summed E-state index contributed by atoms with van der Waals surface area (Å²) in [6, 6.07) is 0. The molecule has 0 saturated carbocycles. The number of amides is 2. The molecule has 2 fully saturated rings. The van der Waals surface area contributed by atoms with Gasteiger partial charge in [0.15, 0.2) is 0 Å². The zero-order chi connectivity index (χ0) is 15.8. The van der Waals surface area contributed by atoms with Crippen molar-refractivity contribution in [3.8, 4) is 0 Å². The normalized spacial score (nSPS) is 29.5. The van der Waals surface area contributed by atoms with Crippen LogP contribution in [0.25, 0.3) is 0 Å². The number of carbonyl (C=O) groups excluding carboxylic acids is 2. The van der Waals surface area contributed by atoms with Gasteiger partial charge in [-0.15, -0.1) is 0 Å². The van der Waals surface area contributed by atoms with Crippen LogP contribution < -0.4 is 0 Å². The average Bonchev–Trinajstić information content (AvgIpc) is 2.94. The predicted molar refractivity (Wildman–Crippen MR) is 76.5 cm³/mol. The molecule has 0 aliphatic carbocycles. The molecule has 0 spiro atoms. The molecule has 21 heavy (non-hydrogen) atoms. The van der Waals surface area contributed by atoms with E-state index in [1.54, 1.807) is 16.7 Å². The fraction of sp³-hybridized carbons (Fsp3) is 0.800. The minimum absolute atomic E-state index is 0.0299. The second-order valence-corrected chi connectivity index (χ2v) is 6.97. The lowest BCUT2D eigenvalue weighted by atomic mass is 9.90. The molecule has 2 aliphatic rings. The van der Waals surface area contributed by atoms with Gasteiger partial charge in [0.25, 0.3) is 0 Å². The lowest BCUT2D eigenvalue weighted by Gasteiger charge is -2.23. The van der Waals surface area contributed by atoms with Gasteiger partial charge in [-0.3, -0.25) is 14.4 Å². The lowest BCUT2D eigenvalue weighted by Crippen LogP contribution is -2.39. The van der Waals surface area contributed by atoms with Gasteiger partial charge in [-0.2, -0.15) is 0 Å². The summed E-state index contributed by atoms with van der Waals surface area (Å²) in [4.78, 5) is 39.0. The molecule has 6 heteroatoms. The van der Waals surface area contributed by atoms with Gasteiger partial charge < -0.3 is 14.9 Å². The topological polar surface area (TPSA) is 77.9 Å². The SMILES string of the molecule is CC(C)CN1CC(C(=O)N2CCC(C)(C(=O)O)C2)CC1=O. The summed E-state index contributed by atoms with van der Waals surface area (Å²) in [7, 11) is 0. The van der Waals surface area contributed by atoms with E-state index in [0.29, 0.717) is 32.0 Å². The van der Waals surface area contributed by atoms with Crippen LogP contribution in [0.4, 0.5) is 0 Å². The predicted octanol–water partition coefficient (Wildman–Crippen LogP) is 0.814. The summed E-state index contributed by atoms with van der Waals surface area (Å²) in [5.41, 5.74) is -0.851. The lowest BCUT2D eigenvalue weighted by molar-refractivity contribution is -0.147. The van der Waals surface area contributed by atoms with Crippen LogP contribution in [0.1, 0.15) is 33.6 Å². The quantitative estimate of drug-likeness (QED) is 0.833. The molecule has 2 aliphatic heterocycles. The highest BCUT2D eigenvalue weighted by Gasteiger charge is 2.45. The van der Waals surface area contributed by atoms with Gasteiger partial charge in [0.1, 0.15) is 0 Å². The van der Waals surface area contributed by atoms with E-state index in [2.05, 4.69) is 0 Å². The first-order valence-electron chi connectivity index (χ1n) is 7.53. The van der Waals surface area contributed by atoms with E-state index < -0.39 is 11.4 Å². The number of carbonyl (C=O) groups is 3. The van der Waals surface area contributed by atoms with Crippen molar-refractivity contribution in [2.75, 3.05) is 26.2 Å². The van der Waals surface area contributed by atoms with Gasteiger partial charge in [0.2, 0.25) is 11.8 Å². The molecule has 0 bridgehead atoms. The number of rotatable bonds is 4. The van der Waals surface area contributed by atoms with Gasteiger partial charge in [-0.25, -0.2) is 0 Å². The van der Waals surface area contributed by atoms with E-state index in [1.807, 2.05) is 13.8 Å². The Morgan fingerprint density at radius 3 is 2.62 bits per heavy atom. The molecule has 2 saturated heterocycles. The van der Waals surface area contributed by atoms with Crippen LogP contribution in [0.2, 0.25) is 0 Å².